The van der Waals surface area contributed by atoms with Gasteiger partial charge in [-0.25, -0.2) is 0 Å². The highest BCUT2D eigenvalue weighted by atomic mass is 35.5. The van der Waals surface area contributed by atoms with Gasteiger partial charge in [0.15, 0.2) is 0 Å². The minimum Gasteiger partial charge on any atom is -0.350 e. The highest BCUT2D eigenvalue weighted by molar-refractivity contribution is 5.86. The average molecular weight is 340 g/mol. The molecule has 2 amide bonds. The van der Waals surface area contributed by atoms with Crippen molar-refractivity contribution in [3.05, 3.63) is 35.9 Å². The summed E-state index contributed by atoms with van der Waals surface area (Å²) < 4.78 is 0. The van der Waals surface area contributed by atoms with Crippen LogP contribution in [0, 0.1) is 11.8 Å². The maximum Gasteiger partial charge on any atom is 0.239 e. The number of nitrogens with two attached hydrogens (primary N) is 1. The van der Waals surface area contributed by atoms with Crippen molar-refractivity contribution in [2.24, 2.45) is 17.6 Å². The summed E-state index contributed by atoms with van der Waals surface area (Å²) in [4.78, 5) is 25.9. The zero-order valence-electron chi connectivity index (χ0n) is 13.5. The van der Waals surface area contributed by atoms with Gasteiger partial charge in [0.1, 0.15) is 0 Å². The molecule has 1 fully saturated rings. The summed E-state index contributed by atoms with van der Waals surface area (Å²) >= 11 is 0. The second-order valence-corrected chi connectivity index (χ2v) is 5.99. The van der Waals surface area contributed by atoms with Crippen LogP contribution in [0.1, 0.15) is 24.8 Å². The predicted molar refractivity (Wildman–Crippen MR) is 93.1 cm³/mol. The molecule has 0 heterocycles. The topological polar surface area (TPSA) is 75.4 Å². The number of nitrogens with one attached hydrogen (secondary N) is 1. The van der Waals surface area contributed by atoms with Crippen LogP contribution in [0.15, 0.2) is 30.3 Å². The summed E-state index contributed by atoms with van der Waals surface area (Å²) in [7, 11) is 1.69. The van der Waals surface area contributed by atoms with Gasteiger partial charge >= 0.3 is 0 Å². The first-order valence-corrected chi connectivity index (χ1v) is 7.87. The summed E-state index contributed by atoms with van der Waals surface area (Å²) in [6.45, 7) is 1.13. The van der Waals surface area contributed by atoms with Crippen molar-refractivity contribution in [1.29, 1.82) is 0 Å². The fourth-order valence-corrected chi connectivity index (χ4v) is 3.07. The van der Waals surface area contributed by atoms with Crippen LogP contribution in [0.5, 0.6) is 0 Å². The van der Waals surface area contributed by atoms with Gasteiger partial charge in [0, 0.05) is 19.5 Å². The van der Waals surface area contributed by atoms with Crippen molar-refractivity contribution in [2.75, 3.05) is 20.1 Å². The Labute approximate surface area is 144 Å². The maximum atomic E-state index is 12.4. The van der Waals surface area contributed by atoms with Crippen molar-refractivity contribution >= 4 is 24.2 Å². The normalized spacial score (nSPS) is 19.7. The highest BCUT2D eigenvalue weighted by Crippen LogP contribution is 2.32. The number of carbonyl (C=O) groups is 2. The number of halogens is 1. The fraction of sp³-hybridized carbons (Fsp3) is 0.529. The highest BCUT2D eigenvalue weighted by Gasteiger charge is 2.33. The van der Waals surface area contributed by atoms with Crippen LogP contribution >= 0.6 is 12.4 Å². The molecule has 2 atom stereocenters. The maximum absolute atomic E-state index is 12.4. The Kier molecular flexibility index (Phi) is 8.06. The summed E-state index contributed by atoms with van der Waals surface area (Å²) in [5.41, 5.74) is 6.77. The number of hydrogen-bond acceptors (Lipinski definition) is 3. The number of nitrogens with zero attached hydrogens (tertiary/aromatic N) is 1. The van der Waals surface area contributed by atoms with Gasteiger partial charge in [0.25, 0.3) is 0 Å². The van der Waals surface area contributed by atoms with Crippen LogP contribution in [0.25, 0.3) is 0 Å². The molecule has 0 radical (unpaired) electrons. The lowest BCUT2D eigenvalue weighted by Gasteiger charge is -2.24. The van der Waals surface area contributed by atoms with Gasteiger partial charge in [-0.15, -0.1) is 12.4 Å². The monoisotopic (exact) mass is 339 g/mol. The number of benzene rings is 1. The van der Waals surface area contributed by atoms with E-state index < -0.39 is 0 Å². The Morgan fingerprint density at radius 1 is 1.26 bits per heavy atom. The Hall–Kier alpha value is -1.59. The Bertz CT molecular complexity index is 510. The number of amides is 2. The first-order valence-electron chi connectivity index (χ1n) is 7.87. The van der Waals surface area contributed by atoms with Crippen molar-refractivity contribution in [2.45, 2.75) is 25.8 Å². The van der Waals surface area contributed by atoms with Crippen LogP contribution in [-0.2, 0) is 16.1 Å². The molecule has 128 valence electrons. The summed E-state index contributed by atoms with van der Waals surface area (Å²) in [5, 5.41) is 2.84. The van der Waals surface area contributed by atoms with Gasteiger partial charge in [-0.05, 0) is 30.9 Å². The molecule has 0 saturated heterocycles. The molecule has 0 spiro atoms. The standard InChI is InChI=1S/C17H25N3O2.ClH/c1-20(17(22)15-9-5-8-14(15)10-18)12-16(21)19-11-13-6-3-2-4-7-13;/h2-4,6-7,14-15H,5,8-12,18H2,1H3,(H,19,21);1H/t14-,15-;/m1./s1. The number of rotatable bonds is 6. The summed E-state index contributed by atoms with van der Waals surface area (Å²) in [6, 6.07) is 9.72. The molecule has 3 N–H and O–H groups in total. The van der Waals surface area contributed by atoms with Gasteiger partial charge < -0.3 is 16.0 Å². The van der Waals surface area contributed by atoms with Crippen LogP contribution in [0.2, 0.25) is 0 Å². The zero-order chi connectivity index (χ0) is 15.9. The molecule has 1 aromatic carbocycles. The molecule has 0 bridgehead atoms. The first-order chi connectivity index (χ1) is 10.6. The van der Waals surface area contributed by atoms with Crippen molar-refractivity contribution in [1.82, 2.24) is 10.2 Å². The van der Waals surface area contributed by atoms with E-state index >= 15 is 0 Å². The minimum absolute atomic E-state index is 0. The molecule has 0 unspecified atom stereocenters. The van der Waals surface area contributed by atoms with Crippen molar-refractivity contribution in [3.8, 4) is 0 Å². The Balaban J connectivity index is 0.00000264. The molecule has 23 heavy (non-hydrogen) atoms. The fourth-order valence-electron chi connectivity index (χ4n) is 3.07. The van der Waals surface area contributed by atoms with Gasteiger partial charge in [0.05, 0.1) is 6.54 Å². The largest absolute Gasteiger partial charge is 0.350 e. The van der Waals surface area contributed by atoms with E-state index in [1.807, 2.05) is 30.3 Å². The quantitative estimate of drug-likeness (QED) is 0.825. The zero-order valence-corrected chi connectivity index (χ0v) is 14.3. The molecule has 1 aromatic rings. The number of hydrogen-bond donors (Lipinski definition) is 2. The van der Waals surface area contributed by atoms with Crippen LogP contribution < -0.4 is 11.1 Å². The third-order valence-corrected chi connectivity index (χ3v) is 4.37. The number of carbonyl (C=O) groups excluding carboxylic acids is 2. The van der Waals surface area contributed by atoms with E-state index in [9.17, 15) is 9.59 Å². The predicted octanol–water partition coefficient (Wildman–Crippen LogP) is 1.56. The minimum atomic E-state index is -0.137. The second kappa shape index (κ2) is 9.53. The lowest BCUT2D eigenvalue weighted by atomic mass is 9.95. The van der Waals surface area contributed by atoms with E-state index in [1.165, 1.54) is 4.90 Å². The van der Waals surface area contributed by atoms with Crippen molar-refractivity contribution < 1.29 is 9.59 Å². The molecule has 1 aliphatic rings. The van der Waals surface area contributed by atoms with Gasteiger partial charge in [-0.2, -0.15) is 0 Å². The SMILES string of the molecule is CN(CC(=O)NCc1ccccc1)C(=O)[C@@H]1CCC[C@@H]1CN.Cl. The third kappa shape index (κ3) is 5.52. The van der Waals surface area contributed by atoms with E-state index in [2.05, 4.69) is 5.32 Å². The van der Waals surface area contributed by atoms with E-state index in [0.717, 1.165) is 24.8 Å². The van der Waals surface area contributed by atoms with Crippen LogP contribution in [0.4, 0.5) is 0 Å². The van der Waals surface area contributed by atoms with Gasteiger partial charge in [-0.1, -0.05) is 36.8 Å². The van der Waals surface area contributed by atoms with Crippen LogP contribution in [-0.4, -0.2) is 36.9 Å². The Morgan fingerprint density at radius 2 is 1.96 bits per heavy atom. The third-order valence-electron chi connectivity index (χ3n) is 4.37. The molecule has 0 aromatic heterocycles. The van der Waals surface area contributed by atoms with Crippen molar-refractivity contribution in [3.63, 3.8) is 0 Å². The molecule has 1 aliphatic carbocycles. The molecule has 1 saturated carbocycles. The Morgan fingerprint density at radius 3 is 2.61 bits per heavy atom. The second-order valence-electron chi connectivity index (χ2n) is 5.99. The summed E-state index contributed by atoms with van der Waals surface area (Å²) in [6.07, 6.45) is 2.95. The van der Waals surface area contributed by atoms with E-state index in [0.29, 0.717) is 13.1 Å². The lowest BCUT2D eigenvalue weighted by molar-refractivity contribution is -0.138. The molecule has 2 rings (SSSR count). The molecular formula is C17H26ClN3O2. The van der Waals surface area contributed by atoms with E-state index in [-0.39, 0.29) is 42.6 Å². The lowest BCUT2D eigenvalue weighted by Crippen LogP contribution is -2.42. The number of likely N-dealkylation sites (N-methyl/N-ethyl adjacent to an activating group) is 1. The molecular weight excluding hydrogens is 314 g/mol. The van der Waals surface area contributed by atoms with Gasteiger partial charge in [0.2, 0.25) is 11.8 Å². The van der Waals surface area contributed by atoms with Crippen LogP contribution in [0.3, 0.4) is 0 Å². The van der Waals surface area contributed by atoms with E-state index in [4.69, 9.17) is 5.73 Å². The molecule has 6 heteroatoms. The smallest absolute Gasteiger partial charge is 0.239 e. The average Bonchev–Trinajstić information content (AvgIpc) is 3.01. The summed E-state index contributed by atoms with van der Waals surface area (Å²) in [5.74, 6) is 0.157. The molecule has 5 nitrogen and oxygen atoms in total. The van der Waals surface area contributed by atoms with Gasteiger partial charge in [-0.3, -0.25) is 9.59 Å². The van der Waals surface area contributed by atoms with E-state index in [1.54, 1.807) is 7.05 Å². The first kappa shape index (κ1) is 19.5. The molecule has 0 aliphatic heterocycles.